The first-order chi connectivity index (χ1) is 8.45. The minimum Gasteiger partial charge on any atom is -0.275 e. The van der Waals surface area contributed by atoms with E-state index >= 15 is 0 Å². The molecule has 0 aromatic carbocycles. The van der Waals surface area contributed by atoms with Crippen LogP contribution < -0.4 is 0 Å². The minimum atomic E-state index is -3.44. The van der Waals surface area contributed by atoms with E-state index in [9.17, 15) is 13.2 Å². The molecule has 18 heavy (non-hydrogen) atoms. The minimum absolute atomic E-state index is 0.0560. The van der Waals surface area contributed by atoms with E-state index < -0.39 is 15.9 Å². The summed E-state index contributed by atoms with van der Waals surface area (Å²) in [6.07, 6.45) is 3.55. The summed E-state index contributed by atoms with van der Waals surface area (Å²) in [5, 5.41) is 4.17. The first kappa shape index (κ1) is 13.1. The molecule has 1 fully saturated rings. The molecule has 2 heterocycles. The van der Waals surface area contributed by atoms with Crippen LogP contribution in [-0.2, 0) is 23.5 Å². The Morgan fingerprint density at radius 1 is 1.44 bits per heavy atom. The van der Waals surface area contributed by atoms with Crippen LogP contribution in [0.25, 0.3) is 0 Å². The number of hydrogen-bond acceptors (Lipinski definition) is 4. The quantitative estimate of drug-likeness (QED) is 0.787. The van der Waals surface area contributed by atoms with E-state index in [4.69, 9.17) is 0 Å². The number of amides is 1. The summed E-state index contributed by atoms with van der Waals surface area (Å²) in [5.74, 6) is -0.389. The largest absolute Gasteiger partial charge is 0.275 e. The maximum Gasteiger partial charge on any atom is 0.270 e. The number of nitrogens with zero attached hydrogens (tertiary/aromatic N) is 3. The van der Waals surface area contributed by atoms with Gasteiger partial charge in [-0.25, -0.2) is 12.7 Å². The zero-order valence-corrected chi connectivity index (χ0v) is 11.4. The van der Waals surface area contributed by atoms with Gasteiger partial charge < -0.3 is 0 Å². The normalized spacial score (nSPS) is 18.9. The molecule has 0 saturated carbocycles. The average molecular weight is 271 g/mol. The standard InChI is InChI=1S/C11H17N3O3S/c1-3-10-9(8-13(2)12-10)11(15)14-6-4-5-7-18(14,16)17/h8H,3-7H2,1-2H3. The molecule has 1 aliphatic rings. The molecule has 0 radical (unpaired) electrons. The molecule has 1 amide bonds. The summed E-state index contributed by atoms with van der Waals surface area (Å²) >= 11 is 0. The monoisotopic (exact) mass is 271 g/mol. The van der Waals surface area contributed by atoms with Crippen molar-refractivity contribution in [2.75, 3.05) is 12.3 Å². The number of carbonyl (C=O) groups excluding carboxylic acids is 1. The van der Waals surface area contributed by atoms with Crippen LogP contribution in [-0.4, -0.2) is 40.7 Å². The second-order valence-corrected chi connectivity index (χ2v) is 6.43. The summed E-state index contributed by atoms with van der Waals surface area (Å²) < 4.78 is 26.3. The zero-order valence-electron chi connectivity index (χ0n) is 10.6. The van der Waals surface area contributed by atoms with Crippen LogP contribution >= 0.6 is 0 Å². The molecule has 0 bridgehead atoms. The van der Waals surface area contributed by atoms with E-state index in [0.29, 0.717) is 24.1 Å². The third-order valence-corrected chi connectivity index (χ3v) is 4.87. The Morgan fingerprint density at radius 3 is 2.78 bits per heavy atom. The molecule has 6 nitrogen and oxygen atoms in total. The van der Waals surface area contributed by atoms with Gasteiger partial charge in [-0.05, 0) is 19.3 Å². The van der Waals surface area contributed by atoms with E-state index in [1.807, 2.05) is 6.92 Å². The molecule has 1 aromatic heterocycles. The maximum atomic E-state index is 12.3. The number of hydrogen-bond donors (Lipinski definition) is 0. The first-order valence-corrected chi connectivity index (χ1v) is 7.64. The SMILES string of the molecule is CCc1nn(C)cc1C(=O)N1CCCCS1(=O)=O. The van der Waals surface area contributed by atoms with E-state index in [1.165, 1.54) is 0 Å². The lowest BCUT2D eigenvalue weighted by molar-refractivity contribution is 0.0854. The maximum absolute atomic E-state index is 12.3. The van der Waals surface area contributed by atoms with E-state index in [0.717, 1.165) is 10.7 Å². The van der Waals surface area contributed by atoms with Crippen LogP contribution in [0.3, 0.4) is 0 Å². The predicted molar refractivity (Wildman–Crippen MR) is 66.6 cm³/mol. The van der Waals surface area contributed by atoms with Gasteiger partial charge in [0.1, 0.15) is 0 Å². The highest BCUT2D eigenvalue weighted by Crippen LogP contribution is 2.19. The molecule has 0 atom stereocenters. The van der Waals surface area contributed by atoms with Crippen LogP contribution in [0.5, 0.6) is 0 Å². The van der Waals surface area contributed by atoms with Crippen LogP contribution in [0.2, 0.25) is 0 Å². The van der Waals surface area contributed by atoms with Crippen molar-refractivity contribution in [2.45, 2.75) is 26.2 Å². The van der Waals surface area contributed by atoms with Crippen molar-refractivity contribution in [2.24, 2.45) is 7.05 Å². The Kier molecular flexibility index (Phi) is 3.43. The van der Waals surface area contributed by atoms with Gasteiger partial charge in [-0.3, -0.25) is 9.48 Å². The van der Waals surface area contributed by atoms with Crippen molar-refractivity contribution >= 4 is 15.9 Å². The number of carbonyl (C=O) groups is 1. The third kappa shape index (κ3) is 2.27. The lowest BCUT2D eigenvalue weighted by Crippen LogP contribution is -2.42. The molecule has 0 N–H and O–H groups in total. The van der Waals surface area contributed by atoms with Crippen molar-refractivity contribution in [3.05, 3.63) is 17.5 Å². The lowest BCUT2D eigenvalue weighted by atomic mass is 10.2. The molecule has 0 spiro atoms. The molecule has 1 saturated heterocycles. The number of rotatable bonds is 2. The van der Waals surface area contributed by atoms with Gasteiger partial charge >= 0.3 is 0 Å². The highest BCUT2D eigenvalue weighted by atomic mass is 32.2. The first-order valence-electron chi connectivity index (χ1n) is 6.03. The highest BCUT2D eigenvalue weighted by Gasteiger charge is 2.32. The van der Waals surface area contributed by atoms with E-state index in [2.05, 4.69) is 5.10 Å². The fraction of sp³-hybridized carbons (Fsp3) is 0.636. The predicted octanol–water partition coefficient (Wildman–Crippen LogP) is 0.548. The number of aryl methyl sites for hydroxylation is 2. The summed E-state index contributed by atoms with van der Waals surface area (Å²) in [5.41, 5.74) is 1.04. The van der Waals surface area contributed by atoms with Crippen LogP contribution in [0.15, 0.2) is 6.20 Å². The average Bonchev–Trinajstić information content (AvgIpc) is 2.69. The summed E-state index contributed by atoms with van der Waals surface area (Å²) in [6.45, 7) is 2.17. The molecule has 0 aliphatic carbocycles. The Morgan fingerprint density at radius 2 is 2.17 bits per heavy atom. The molecule has 0 unspecified atom stereocenters. The van der Waals surface area contributed by atoms with E-state index in [1.54, 1.807) is 17.9 Å². The van der Waals surface area contributed by atoms with Gasteiger partial charge in [0.15, 0.2) is 0 Å². The number of aromatic nitrogens is 2. The fourth-order valence-corrected chi connectivity index (χ4v) is 3.67. The molecular formula is C11H17N3O3S. The van der Waals surface area contributed by atoms with Gasteiger partial charge in [0.25, 0.3) is 5.91 Å². The Hall–Kier alpha value is -1.37. The highest BCUT2D eigenvalue weighted by molar-refractivity contribution is 7.89. The molecule has 1 aliphatic heterocycles. The van der Waals surface area contributed by atoms with Gasteiger partial charge in [-0.15, -0.1) is 0 Å². The van der Waals surface area contributed by atoms with Crippen molar-refractivity contribution in [3.8, 4) is 0 Å². The molecule has 7 heteroatoms. The summed E-state index contributed by atoms with van der Waals surface area (Å²) in [6, 6.07) is 0. The third-order valence-electron chi connectivity index (χ3n) is 3.05. The fourth-order valence-electron chi connectivity index (χ4n) is 2.13. The van der Waals surface area contributed by atoms with Gasteiger partial charge in [-0.1, -0.05) is 6.92 Å². The molecular weight excluding hydrogens is 254 g/mol. The topological polar surface area (TPSA) is 72.3 Å². The zero-order chi connectivity index (χ0) is 13.3. The van der Waals surface area contributed by atoms with Crippen LogP contribution in [0.1, 0.15) is 35.8 Å². The second-order valence-electron chi connectivity index (χ2n) is 4.42. The van der Waals surface area contributed by atoms with Gasteiger partial charge in [-0.2, -0.15) is 5.10 Å². The summed E-state index contributed by atoms with van der Waals surface area (Å²) in [4.78, 5) is 12.3. The van der Waals surface area contributed by atoms with Crippen molar-refractivity contribution in [1.29, 1.82) is 0 Å². The van der Waals surface area contributed by atoms with Gasteiger partial charge in [0.2, 0.25) is 10.0 Å². The lowest BCUT2D eigenvalue weighted by Gasteiger charge is -2.26. The number of sulfonamides is 1. The van der Waals surface area contributed by atoms with Gasteiger partial charge in [0.05, 0.1) is 17.0 Å². The van der Waals surface area contributed by atoms with Gasteiger partial charge in [0, 0.05) is 19.8 Å². The second kappa shape index (κ2) is 4.72. The molecule has 2 rings (SSSR count). The van der Waals surface area contributed by atoms with Crippen LogP contribution in [0, 0.1) is 0 Å². The smallest absolute Gasteiger partial charge is 0.270 e. The van der Waals surface area contributed by atoms with Crippen LogP contribution in [0.4, 0.5) is 0 Å². The van der Waals surface area contributed by atoms with Crippen molar-refractivity contribution in [1.82, 2.24) is 14.1 Å². The molecule has 100 valence electrons. The Balaban J connectivity index is 2.36. The molecule has 1 aromatic rings. The summed E-state index contributed by atoms with van der Waals surface area (Å²) in [7, 11) is -1.72. The van der Waals surface area contributed by atoms with E-state index in [-0.39, 0.29) is 12.3 Å². The Labute approximate surface area is 107 Å². The van der Waals surface area contributed by atoms with Crippen molar-refractivity contribution in [3.63, 3.8) is 0 Å². The Bertz CT molecular complexity index is 562. The van der Waals surface area contributed by atoms with Crippen molar-refractivity contribution < 1.29 is 13.2 Å².